The molecule has 0 saturated carbocycles. The molecule has 182 valence electrons. The fourth-order valence-electron chi connectivity index (χ4n) is 4.63. The first-order valence-corrected chi connectivity index (χ1v) is 12.1. The molecule has 2 aromatic rings. The summed E-state index contributed by atoms with van der Waals surface area (Å²) in [7, 11) is 0. The lowest BCUT2D eigenvalue weighted by Gasteiger charge is -2.35. The minimum atomic E-state index is -0.944. The second-order valence-electron chi connectivity index (χ2n) is 9.32. The van der Waals surface area contributed by atoms with Gasteiger partial charge in [-0.2, -0.15) is 0 Å². The highest BCUT2D eigenvalue weighted by Crippen LogP contribution is 2.26. The van der Waals surface area contributed by atoms with E-state index in [0.717, 1.165) is 68.6 Å². The molecule has 0 atom stereocenters. The van der Waals surface area contributed by atoms with Crippen molar-refractivity contribution in [3.05, 3.63) is 59.2 Å². The summed E-state index contributed by atoms with van der Waals surface area (Å²) in [5, 5.41) is 25.3. The molecule has 1 fully saturated rings. The molecule has 7 heteroatoms. The van der Waals surface area contributed by atoms with Crippen LogP contribution in [0.2, 0.25) is 0 Å². The molecular weight excluding hydrogens is 426 g/mol. The molecule has 0 spiro atoms. The van der Waals surface area contributed by atoms with Crippen molar-refractivity contribution in [3.63, 3.8) is 0 Å². The Balaban J connectivity index is 1.82. The standard InChI is InChI=1S/C27H37N5O2/c1-3-4-10-31(17-20-8-11-32(12-9-20)19(2)28)18-21-13-24(16-25(14-21)27(33)34)22-6-5-7-23(15-22)26(29)30/h5-7,13-16,20,28H,3-4,8-12,17-18H2,1-2H3,(H3,29,30)(H,33,34). The largest absolute Gasteiger partial charge is 0.478 e. The first-order valence-electron chi connectivity index (χ1n) is 12.1. The zero-order chi connectivity index (χ0) is 24.7. The van der Waals surface area contributed by atoms with Crippen LogP contribution in [0.15, 0.2) is 42.5 Å². The molecule has 1 aliphatic heterocycles. The monoisotopic (exact) mass is 463 g/mol. The van der Waals surface area contributed by atoms with Gasteiger partial charge in [0.05, 0.1) is 11.4 Å². The number of nitrogen functional groups attached to an aromatic ring is 1. The van der Waals surface area contributed by atoms with Crippen molar-refractivity contribution in [2.24, 2.45) is 11.7 Å². The summed E-state index contributed by atoms with van der Waals surface area (Å²) >= 11 is 0. The molecule has 1 heterocycles. The molecule has 7 nitrogen and oxygen atoms in total. The smallest absolute Gasteiger partial charge is 0.335 e. The molecule has 1 saturated heterocycles. The topological polar surface area (TPSA) is 118 Å². The Labute approximate surface area is 202 Å². The number of hydrogen-bond donors (Lipinski definition) is 4. The number of nitrogens with one attached hydrogen (secondary N) is 2. The molecule has 0 aliphatic carbocycles. The van der Waals surface area contributed by atoms with Crippen molar-refractivity contribution in [1.29, 1.82) is 10.8 Å². The number of carboxylic acids is 1. The quantitative estimate of drug-likeness (QED) is 0.302. The molecule has 0 aromatic heterocycles. The van der Waals surface area contributed by atoms with Crippen LogP contribution in [0.3, 0.4) is 0 Å². The predicted molar refractivity (Wildman–Crippen MR) is 138 cm³/mol. The zero-order valence-corrected chi connectivity index (χ0v) is 20.3. The Hall–Kier alpha value is -3.19. The van der Waals surface area contributed by atoms with E-state index in [9.17, 15) is 9.90 Å². The van der Waals surface area contributed by atoms with Gasteiger partial charge in [0.25, 0.3) is 0 Å². The van der Waals surface area contributed by atoms with Crippen LogP contribution < -0.4 is 5.73 Å². The minimum absolute atomic E-state index is 0.00791. The van der Waals surface area contributed by atoms with Crippen LogP contribution in [-0.2, 0) is 6.54 Å². The molecule has 0 amide bonds. The van der Waals surface area contributed by atoms with Gasteiger partial charge in [0.2, 0.25) is 0 Å². The van der Waals surface area contributed by atoms with Gasteiger partial charge in [-0.3, -0.25) is 15.7 Å². The SMILES string of the molecule is CCCCN(Cc1cc(C(=O)O)cc(-c2cccc(C(=N)N)c2)c1)CC1CCN(C(C)=N)CC1. The van der Waals surface area contributed by atoms with E-state index in [1.54, 1.807) is 18.2 Å². The molecule has 1 aliphatic rings. The van der Waals surface area contributed by atoms with E-state index in [1.807, 2.05) is 25.1 Å². The number of piperidine rings is 1. The van der Waals surface area contributed by atoms with Crippen molar-refractivity contribution in [1.82, 2.24) is 9.80 Å². The van der Waals surface area contributed by atoms with Gasteiger partial charge >= 0.3 is 5.97 Å². The maximum Gasteiger partial charge on any atom is 0.335 e. The summed E-state index contributed by atoms with van der Waals surface area (Å²) in [5.74, 6) is 0.279. The second kappa shape index (κ2) is 11.8. The first kappa shape index (κ1) is 25.4. The lowest BCUT2D eigenvalue weighted by molar-refractivity contribution is 0.0696. The maximum absolute atomic E-state index is 11.9. The summed E-state index contributed by atoms with van der Waals surface area (Å²) in [4.78, 5) is 16.5. The third kappa shape index (κ3) is 6.90. The summed E-state index contributed by atoms with van der Waals surface area (Å²) < 4.78 is 0. The van der Waals surface area contributed by atoms with Crippen LogP contribution in [0.25, 0.3) is 11.1 Å². The van der Waals surface area contributed by atoms with Crippen molar-refractivity contribution in [3.8, 4) is 11.1 Å². The number of rotatable bonds is 10. The Kier molecular flexibility index (Phi) is 8.82. The highest BCUT2D eigenvalue weighted by Gasteiger charge is 2.22. The average Bonchev–Trinajstić information content (AvgIpc) is 2.82. The van der Waals surface area contributed by atoms with Crippen molar-refractivity contribution in [2.45, 2.75) is 46.1 Å². The van der Waals surface area contributed by atoms with Crippen LogP contribution >= 0.6 is 0 Å². The van der Waals surface area contributed by atoms with Gasteiger partial charge in [0, 0.05) is 31.7 Å². The van der Waals surface area contributed by atoms with E-state index < -0.39 is 5.97 Å². The van der Waals surface area contributed by atoms with Gasteiger partial charge in [-0.05, 0) is 79.6 Å². The molecule has 0 unspecified atom stereocenters. The number of carboxylic acid groups (broad SMARTS) is 1. The molecular formula is C27H37N5O2. The number of nitrogens with zero attached hydrogens (tertiary/aromatic N) is 2. The van der Waals surface area contributed by atoms with Gasteiger partial charge in [-0.15, -0.1) is 0 Å². The van der Waals surface area contributed by atoms with Gasteiger partial charge in [-0.1, -0.05) is 31.5 Å². The number of nitrogens with two attached hydrogens (primary N) is 1. The Morgan fingerprint density at radius 1 is 1.12 bits per heavy atom. The normalized spacial score (nSPS) is 14.4. The van der Waals surface area contributed by atoms with Crippen molar-refractivity contribution < 1.29 is 9.90 Å². The fraction of sp³-hybridized carbons (Fsp3) is 0.444. The van der Waals surface area contributed by atoms with Gasteiger partial charge < -0.3 is 15.7 Å². The van der Waals surface area contributed by atoms with E-state index in [-0.39, 0.29) is 11.4 Å². The van der Waals surface area contributed by atoms with Gasteiger partial charge in [0.1, 0.15) is 5.84 Å². The molecule has 2 aromatic carbocycles. The van der Waals surface area contributed by atoms with Gasteiger partial charge in [-0.25, -0.2) is 4.79 Å². The molecule has 0 bridgehead atoms. The Morgan fingerprint density at radius 3 is 2.44 bits per heavy atom. The number of hydrogen-bond acceptors (Lipinski definition) is 4. The van der Waals surface area contributed by atoms with Crippen LogP contribution in [0, 0.1) is 16.7 Å². The van der Waals surface area contributed by atoms with E-state index in [2.05, 4.69) is 22.8 Å². The van der Waals surface area contributed by atoms with Crippen LogP contribution in [-0.4, -0.2) is 58.7 Å². The summed E-state index contributed by atoms with van der Waals surface area (Å²) in [5.41, 5.74) is 9.21. The number of aromatic carboxylic acids is 1. The second-order valence-corrected chi connectivity index (χ2v) is 9.32. The number of benzene rings is 2. The van der Waals surface area contributed by atoms with Crippen LogP contribution in [0.4, 0.5) is 0 Å². The fourth-order valence-corrected chi connectivity index (χ4v) is 4.63. The molecule has 0 radical (unpaired) electrons. The Bertz CT molecular complexity index is 1030. The van der Waals surface area contributed by atoms with Crippen molar-refractivity contribution in [2.75, 3.05) is 26.2 Å². The number of likely N-dealkylation sites (tertiary alicyclic amines) is 1. The van der Waals surface area contributed by atoms with E-state index in [0.29, 0.717) is 23.9 Å². The van der Waals surface area contributed by atoms with Crippen LogP contribution in [0.1, 0.15) is 61.0 Å². The number of carbonyl (C=O) groups is 1. The third-order valence-corrected chi connectivity index (χ3v) is 6.59. The summed E-state index contributed by atoms with van der Waals surface area (Å²) in [6, 6.07) is 12.9. The molecule has 3 rings (SSSR count). The van der Waals surface area contributed by atoms with Gasteiger partial charge in [0.15, 0.2) is 0 Å². The lowest BCUT2D eigenvalue weighted by atomic mass is 9.95. The molecule has 5 N–H and O–H groups in total. The summed E-state index contributed by atoms with van der Waals surface area (Å²) in [6.45, 7) is 8.58. The number of unbranched alkanes of at least 4 members (excludes halogenated alkanes) is 1. The maximum atomic E-state index is 11.9. The third-order valence-electron chi connectivity index (χ3n) is 6.59. The Morgan fingerprint density at radius 2 is 1.82 bits per heavy atom. The molecule has 34 heavy (non-hydrogen) atoms. The first-order chi connectivity index (χ1) is 16.3. The van der Waals surface area contributed by atoms with E-state index in [1.165, 1.54) is 0 Å². The zero-order valence-electron chi connectivity index (χ0n) is 20.3. The van der Waals surface area contributed by atoms with E-state index >= 15 is 0 Å². The minimum Gasteiger partial charge on any atom is -0.478 e. The summed E-state index contributed by atoms with van der Waals surface area (Å²) in [6.07, 6.45) is 4.37. The lowest BCUT2D eigenvalue weighted by Crippen LogP contribution is -2.40. The van der Waals surface area contributed by atoms with Crippen LogP contribution in [0.5, 0.6) is 0 Å². The van der Waals surface area contributed by atoms with E-state index in [4.69, 9.17) is 16.6 Å². The average molecular weight is 464 g/mol. The predicted octanol–water partition coefficient (Wildman–Crippen LogP) is 4.65. The highest BCUT2D eigenvalue weighted by molar-refractivity contribution is 5.96. The highest BCUT2D eigenvalue weighted by atomic mass is 16.4. The van der Waals surface area contributed by atoms with Crippen molar-refractivity contribution >= 4 is 17.6 Å². The number of amidine groups is 2.